The van der Waals surface area contributed by atoms with Gasteiger partial charge in [-0.05, 0) is 36.8 Å². The largest absolute Gasteiger partial charge is 0.487 e. The van der Waals surface area contributed by atoms with Crippen LogP contribution >= 0.6 is 11.3 Å². The van der Waals surface area contributed by atoms with Gasteiger partial charge in [-0.3, -0.25) is 4.79 Å². The molecule has 4 nitrogen and oxygen atoms in total. The van der Waals surface area contributed by atoms with Crippen LogP contribution in [-0.2, 0) is 6.61 Å². The summed E-state index contributed by atoms with van der Waals surface area (Å²) < 4.78 is 5.65. The summed E-state index contributed by atoms with van der Waals surface area (Å²) in [5.41, 5.74) is 4.37. The van der Waals surface area contributed by atoms with Crippen molar-refractivity contribution in [2.24, 2.45) is 0 Å². The smallest absolute Gasteiger partial charge is 0.251 e. The highest BCUT2D eigenvalue weighted by Gasteiger charge is 2.11. The molecule has 0 saturated heterocycles. The van der Waals surface area contributed by atoms with E-state index in [0.29, 0.717) is 12.2 Å². The van der Waals surface area contributed by atoms with Gasteiger partial charge in [0.05, 0.1) is 17.2 Å². The van der Waals surface area contributed by atoms with Crippen molar-refractivity contribution >= 4 is 17.2 Å². The zero-order valence-electron chi connectivity index (χ0n) is 13.3. The Morgan fingerprint density at radius 1 is 1.17 bits per heavy atom. The third kappa shape index (κ3) is 4.20. The fourth-order valence-corrected chi connectivity index (χ4v) is 2.82. The molecule has 1 amide bonds. The van der Waals surface area contributed by atoms with Crippen LogP contribution in [0.1, 0.15) is 34.6 Å². The summed E-state index contributed by atoms with van der Waals surface area (Å²) in [5.74, 6) is 0.619. The second-order valence-corrected chi connectivity index (χ2v) is 6.12. The monoisotopic (exact) mass is 338 g/mol. The SMILES string of the molecule is C[C@@H](NC(=O)c1ccc(OCc2cscn2)cc1)c1ccccc1. The molecule has 1 aromatic heterocycles. The number of carbonyl (C=O) groups excluding carboxylic acids is 1. The van der Waals surface area contributed by atoms with Gasteiger partial charge in [0.15, 0.2) is 0 Å². The second kappa shape index (κ2) is 7.75. The van der Waals surface area contributed by atoms with Crippen molar-refractivity contribution in [3.8, 4) is 5.75 Å². The molecule has 0 unspecified atom stereocenters. The highest BCUT2D eigenvalue weighted by atomic mass is 32.1. The molecule has 0 spiro atoms. The van der Waals surface area contributed by atoms with Gasteiger partial charge in [0.2, 0.25) is 0 Å². The molecule has 3 rings (SSSR count). The summed E-state index contributed by atoms with van der Waals surface area (Å²) in [6, 6.07) is 17.0. The van der Waals surface area contributed by atoms with Crippen LogP contribution in [-0.4, -0.2) is 10.9 Å². The molecule has 0 aliphatic carbocycles. The minimum Gasteiger partial charge on any atom is -0.487 e. The van der Waals surface area contributed by atoms with Gasteiger partial charge in [-0.2, -0.15) is 0 Å². The first-order chi connectivity index (χ1) is 11.7. The van der Waals surface area contributed by atoms with Crippen LogP contribution in [0.25, 0.3) is 0 Å². The minimum atomic E-state index is -0.0996. The number of nitrogens with one attached hydrogen (secondary N) is 1. The first-order valence-electron chi connectivity index (χ1n) is 7.68. The quantitative estimate of drug-likeness (QED) is 0.732. The molecular weight excluding hydrogens is 320 g/mol. The lowest BCUT2D eigenvalue weighted by molar-refractivity contribution is 0.0940. The predicted molar refractivity (Wildman–Crippen MR) is 95.2 cm³/mol. The van der Waals surface area contributed by atoms with Crippen molar-refractivity contribution in [2.45, 2.75) is 19.6 Å². The molecule has 0 bridgehead atoms. The second-order valence-electron chi connectivity index (χ2n) is 5.40. The molecule has 1 N–H and O–H groups in total. The first kappa shape index (κ1) is 16.2. The summed E-state index contributed by atoms with van der Waals surface area (Å²) in [6.07, 6.45) is 0. The normalized spacial score (nSPS) is 11.7. The van der Waals surface area contributed by atoms with Crippen molar-refractivity contribution < 1.29 is 9.53 Å². The van der Waals surface area contributed by atoms with Gasteiger partial charge in [0, 0.05) is 10.9 Å². The van der Waals surface area contributed by atoms with Crippen LogP contribution < -0.4 is 10.1 Å². The van der Waals surface area contributed by atoms with Gasteiger partial charge in [-0.15, -0.1) is 11.3 Å². The van der Waals surface area contributed by atoms with Crippen molar-refractivity contribution in [2.75, 3.05) is 0 Å². The van der Waals surface area contributed by atoms with E-state index in [0.717, 1.165) is 17.0 Å². The summed E-state index contributed by atoms with van der Waals surface area (Å²) >= 11 is 1.54. The average molecular weight is 338 g/mol. The van der Waals surface area contributed by atoms with Crippen molar-refractivity contribution in [3.63, 3.8) is 0 Å². The van der Waals surface area contributed by atoms with E-state index >= 15 is 0 Å². The van der Waals surface area contributed by atoms with E-state index in [1.165, 1.54) is 0 Å². The molecule has 0 aliphatic rings. The average Bonchev–Trinajstić information content (AvgIpc) is 3.14. The number of carbonyl (C=O) groups is 1. The molecule has 122 valence electrons. The van der Waals surface area contributed by atoms with E-state index in [1.807, 2.05) is 42.6 Å². The Morgan fingerprint density at radius 2 is 1.92 bits per heavy atom. The Kier molecular flexibility index (Phi) is 5.23. The van der Waals surface area contributed by atoms with E-state index in [9.17, 15) is 4.79 Å². The zero-order valence-corrected chi connectivity index (χ0v) is 14.1. The van der Waals surface area contributed by atoms with Crippen LogP contribution in [0.2, 0.25) is 0 Å². The van der Waals surface area contributed by atoms with Gasteiger partial charge in [0.25, 0.3) is 5.91 Å². The Hall–Kier alpha value is -2.66. The van der Waals surface area contributed by atoms with E-state index in [1.54, 1.807) is 41.1 Å². The molecule has 3 aromatic rings. The number of nitrogens with zero attached hydrogens (tertiary/aromatic N) is 1. The maximum Gasteiger partial charge on any atom is 0.251 e. The number of hydrogen-bond donors (Lipinski definition) is 1. The Morgan fingerprint density at radius 3 is 2.58 bits per heavy atom. The van der Waals surface area contributed by atoms with Crippen molar-refractivity contribution in [1.82, 2.24) is 10.3 Å². The summed E-state index contributed by atoms with van der Waals surface area (Å²) in [7, 11) is 0. The minimum absolute atomic E-state index is 0.0423. The lowest BCUT2D eigenvalue weighted by Gasteiger charge is -2.14. The molecule has 1 atom stereocenters. The molecule has 24 heavy (non-hydrogen) atoms. The number of benzene rings is 2. The number of thiazole rings is 1. The lowest BCUT2D eigenvalue weighted by atomic mass is 10.1. The summed E-state index contributed by atoms with van der Waals surface area (Å²) in [6.45, 7) is 2.40. The topological polar surface area (TPSA) is 51.2 Å². The fourth-order valence-electron chi connectivity index (χ4n) is 2.27. The van der Waals surface area contributed by atoms with E-state index in [4.69, 9.17) is 4.74 Å². The van der Waals surface area contributed by atoms with Crippen LogP contribution in [0.3, 0.4) is 0 Å². The van der Waals surface area contributed by atoms with Crippen molar-refractivity contribution in [1.29, 1.82) is 0 Å². The zero-order chi connectivity index (χ0) is 16.8. The Balaban J connectivity index is 1.57. The van der Waals surface area contributed by atoms with Gasteiger partial charge in [-0.25, -0.2) is 4.98 Å². The molecule has 0 aliphatic heterocycles. The molecule has 0 saturated carbocycles. The molecule has 5 heteroatoms. The van der Waals surface area contributed by atoms with E-state index < -0.39 is 0 Å². The van der Waals surface area contributed by atoms with E-state index in [-0.39, 0.29) is 11.9 Å². The number of hydrogen-bond acceptors (Lipinski definition) is 4. The first-order valence-corrected chi connectivity index (χ1v) is 8.62. The summed E-state index contributed by atoms with van der Waals surface area (Å²) in [5, 5.41) is 4.95. The molecule has 2 aromatic carbocycles. The van der Waals surface area contributed by atoms with Crippen molar-refractivity contribution in [3.05, 3.63) is 82.3 Å². The fraction of sp³-hybridized carbons (Fsp3) is 0.158. The van der Waals surface area contributed by atoms with Crippen LogP contribution in [0.15, 0.2) is 65.5 Å². The molecule has 1 heterocycles. The van der Waals surface area contributed by atoms with Gasteiger partial charge in [0.1, 0.15) is 12.4 Å². The highest BCUT2D eigenvalue weighted by Crippen LogP contribution is 2.16. The standard InChI is InChI=1S/C19H18N2O2S/c1-14(15-5-3-2-4-6-15)21-19(22)16-7-9-18(10-8-16)23-11-17-12-24-13-20-17/h2-10,12-14H,11H2,1H3,(H,21,22)/t14-/m1/s1. The van der Waals surface area contributed by atoms with Gasteiger partial charge in [-0.1, -0.05) is 30.3 Å². The molecule has 0 fully saturated rings. The van der Waals surface area contributed by atoms with Gasteiger partial charge >= 0.3 is 0 Å². The van der Waals surface area contributed by atoms with Crippen LogP contribution in [0, 0.1) is 0 Å². The maximum absolute atomic E-state index is 12.3. The number of ether oxygens (including phenoxy) is 1. The summed E-state index contributed by atoms with van der Waals surface area (Å²) in [4.78, 5) is 16.5. The number of rotatable bonds is 6. The highest BCUT2D eigenvalue weighted by molar-refractivity contribution is 7.07. The third-order valence-corrected chi connectivity index (χ3v) is 4.27. The number of amides is 1. The Bertz CT molecular complexity index is 771. The Labute approximate surface area is 145 Å². The predicted octanol–water partition coefficient (Wildman–Crippen LogP) is 4.21. The third-order valence-electron chi connectivity index (χ3n) is 3.63. The maximum atomic E-state index is 12.3. The van der Waals surface area contributed by atoms with E-state index in [2.05, 4.69) is 10.3 Å². The molecular formula is C19H18N2O2S. The lowest BCUT2D eigenvalue weighted by Crippen LogP contribution is -2.26. The van der Waals surface area contributed by atoms with Crippen LogP contribution in [0.5, 0.6) is 5.75 Å². The van der Waals surface area contributed by atoms with Gasteiger partial charge < -0.3 is 10.1 Å². The van der Waals surface area contributed by atoms with Crippen LogP contribution in [0.4, 0.5) is 0 Å². The number of aromatic nitrogens is 1. The molecule has 0 radical (unpaired) electrons.